The van der Waals surface area contributed by atoms with E-state index in [9.17, 15) is 4.79 Å². The van der Waals surface area contributed by atoms with Gasteiger partial charge in [-0.15, -0.1) is 0 Å². The molecule has 1 aliphatic heterocycles. The molecular weight excluding hydrogens is 340 g/mol. The normalized spacial score (nSPS) is 15.9. The number of ether oxygens (including phenoxy) is 2. The van der Waals surface area contributed by atoms with Gasteiger partial charge in [-0.2, -0.15) is 4.98 Å². The smallest absolute Gasteiger partial charge is 0.306 e. The van der Waals surface area contributed by atoms with Crippen LogP contribution in [0.1, 0.15) is 6.42 Å². The summed E-state index contributed by atoms with van der Waals surface area (Å²) in [6.45, 7) is 4.13. The molecule has 0 radical (unpaired) electrons. The molecule has 1 aromatic rings. The number of carbonyl (C=O) groups excluding carboxylic acids is 1. The molecule has 0 bridgehead atoms. The van der Waals surface area contributed by atoms with E-state index in [1.807, 2.05) is 0 Å². The first kappa shape index (κ1) is 16.0. The third kappa shape index (κ3) is 4.28. The summed E-state index contributed by atoms with van der Waals surface area (Å²) < 4.78 is 10.6. The summed E-state index contributed by atoms with van der Waals surface area (Å²) in [5, 5.41) is 0. The summed E-state index contributed by atoms with van der Waals surface area (Å²) in [6.07, 6.45) is 2.13. The number of esters is 1. The van der Waals surface area contributed by atoms with Crippen molar-refractivity contribution in [1.29, 1.82) is 0 Å². The van der Waals surface area contributed by atoms with E-state index in [0.717, 1.165) is 37.2 Å². The zero-order valence-corrected chi connectivity index (χ0v) is 13.8. The maximum absolute atomic E-state index is 11.1. The number of anilines is 1. The highest BCUT2D eigenvalue weighted by atomic mass is 79.9. The van der Waals surface area contributed by atoms with Crippen LogP contribution >= 0.6 is 15.9 Å². The molecule has 116 valence electrons. The van der Waals surface area contributed by atoms with Crippen molar-refractivity contribution < 1.29 is 14.3 Å². The molecule has 8 heteroatoms. The lowest BCUT2D eigenvalue weighted by Gasteiger charge is -2.34. The van der Waals surface area contributed by atoms with Gasteiger partial charge in [0.2, 0.25) is 11.8 Å². The molecule has 1 aliphatic rings. The van der Waals surface area contributed by atoms with Gasteiger partial charge in [0.15, 0.2) is 0 Å². The third-order valence-corrected chi connectivity index (χ3v) is 3.95. The van der Waals surface area contributed by atoms with E-state index in [0.29, 0.717) is 18.2 Å². The molecule has 2 rings (SSSR count). The van der Waals surface area contributed by atoms with Gasteiger partial charge in [-0.3, -0.25) is 9.69 Å². The van der Waals surface area contributed by atoms with Crippen molar-refractivity contribution in [3.05, 3.63) is 10.7 Å². The van der Waals surface area contributed by atoms with E-state index in [1.54, 1.807) is 13.3 Å². The minimum absolute atomic E-state index is 0.168. The lowest BCUT2D eigenvalue weighted by atomic mass is 10.3. The zero-order valence-electron chi connectivity index (χ0n) is 12.2. The van der Waals surface area contributed by atoms with Crippen LogP contribution in [0.4, 0.5) is 5.95 Å². The van der Waals surface area contributed by atoms with Crippen molar-refractivity contribution >= 4 is 27.8 Å². The molecule has 0 N–H and O–H groups in total. The molecular formula is C13H19BrN4O3. The number of nitrogens with zero attached hydrogens (tertiary/aromatic N) is 4. The first-order valence-corrected chi connectivity index (χ1v) is 7.54. The van der Waals surface area contributed by atoms with Gasteiger partial charge in [0, 0.05) is 32.7 Å². The summed E-state index contributed by atoms with van der Waals surface area (Å²) in [4.78, 5) is 24.2. The predicted molar refractivity (Wildman–Crippen MR) is 81.6 cm³/mol. The highest BCUT2D eigenvalue weighted by Crippen LogP contribution is 2.23. The van der Waals surface area contributed by atoms with E-state index in [-0.39, 0.29) is 5.97 Å². The number of hydrogen-bond donors (Lipinski definition) is 0. The molecule has 0 aromatic carbocycles. The summed E-state index contributed by atoms with van der Waals surface area (Å²) in [7, 11) is 3.00. The largest absolute Gasteiger partial charge is 0.480 e. The Morgan fingerprint density at radius 3 is 2.67 bits per heavy atom. The molecule has 0 atom stereocenters. The SMILES string of the molecule is COC(=O)CCN1CCN(c2ncc(Br)c(OC)n2)CC1. The topological polar surface area (TPSA) is 67.8 Å². The summed E-state index contributed by atoms with van der Waals surface area (Å²) >= 11 is 3.34. The Morgan fingerprint density at radius 1 is 1.33 bits per heavy atom. The van der Waals surface area contributed by atoms with Gasteiger partial charge in [0.25, 0.3) is 0 Å². The second-order valence-electron chi connectivity index (χ2n) is 4.68. The lowest BCUT2D eigenvalue weighted by molar-refractivity contribution is -0.141. The number of rotatable bonds is 5. The minimum Gasteiger partial charge on any atom is -0.480 e. The Kier molecular flexibility index (Phi) is 5.75. The van der Waals surface area contributed by atoms with Gasteiger partial charge in [0.1, 0.15) is 0 Å². The Balaban J connectivity index is 1.87. The van der Waals surface area contributed by atoms with Crippen LogP contribution in [0.3, 0.4) is 0 Å². The molecule has 1 fully saturated rings. The zero-order chi connectivity index (χ0) is 15.2. The van der Waals surface area contributed by atoms with Crippen molar-refractivity contribution in [2.75, 3.05) is 51.8 Å². The van der Waals surface area contributed by atoms with Crippen LogP contribution < -0.4 is 9.64 Å². The fourth-order valence-electron chi connectivity index (χ4n) is 2.16. The second-order valence-corrected chi connectivity index (χ2v) is 5.54. The molecule has 0 spiro atoms. The molecule has 0 unspecified atom stereocenters. The first-order valence-electron chi connectivity index (χ1n) is 6.74. The van der Waals surface area contributed by atoms with Crippen LogP contribution in [-0.2, 0) is 9.53 Å². The Morgan fingerprint density at radius 2 is 2.05 bits per heavy atom. The first-order chi connectivity index (χ1) is 10.1. The van der Waals surface area contributed by atoms with Crippen LogP contribution in [0.2, 0.25) is 0 Å². The van der Waals surface area contributed by atoms with Crippen molar-refractivity contribution in [1.82, 2.24) is 14.9 Å². The van der Waals surface area contributed by atoms with Crippen molar-refractivity contribution in [2.45, 2.75) is 6.42 Å². The molecule has 0 saturated carbocycles. The van der Waals surface area contributed by atoms with Gasteiger partial charge in [-0.1, -0.05) is 0 Å². The van der Waals surface area contributed by atoms with E-state index in [2.05, 4.69) is 40.4 Å². The fourth-order valence-corrected chi connectivity index (χ4v) is 2.51. The monoisotopic (exact) mass is 358 g/mol. The maximum Gasteiger partial charge on any atom is 0.306 e. The van der Waals surface area contributed by atoms with Gasteiger partial charge >= 0.3 is 5.97 Å². The van der Waals surface area contributed by atoms with Crippen LogP contribution in [-0.4, -0.2) is 67.8 Å². The van der Waals surface area contributed by atoms with E-state index < -0.39 is 0 Å². The standard InChI is InChI=1S/C13H19BrN4O3/c1-20-11(19)3-4-17-5-7-18(8-6-17)13-15-9-10(14)12(16-13)21-2/h9H,3-8H2,1-2H3. The Bertz CT molecular complexity index is 492. The van der Waals surface area contributed by atoms with E-state index in [1.165, 1.54) is 7.11 Å². The van der Waals surface area contributed by atoms with Crippen LogP contribution in [0.25, 0.3) is 0 Å². The second kappa shape index (κ2) is 7.56. The number of aromatic nitrogens is 2. The highest BCUT2D eigenvalue weighted by Gasteiger charge is 2.20. The van der Waals surface area contributed by atoms with Crippen molar-refractivity contribution in [3.8, 4) is 5.88 Å². The van der Waals surface area contributed by atoms with Gasteiger partial charge in [-0.05, 0) is 15.9 Å². The van der Waals surface area contributed by atoms with E-state index in [4.69, 9.17) is 4.74 Å². The fraction of sp³-hybridized carbons (Fsp3) is 0.615. The molecule has 0 aliphatic carbocycles. The third-order valence-electron chi connectivity index (χ3n) is 3.41. The molecule has 0 amide bonds. The van der Waals surface area contributed by atoms with Crippen molar-refractivity contribution in [3.63, 3.8) is 0 Å². The van der Waals surface area contributed by atoms with Gasteiger partial charge in [-0.25, -0.2) is 4.98 Å². The quantitative estimate of drug-likeness (QED) is 0.725. The number of methoxy groups -OCH3 is 2. The lowest BCUT2D eigenvalue weighted by Crippen LogP contribution is -2.47. The highest BCUT2D eigenvalue weighted by molar-refractivity contribution is 9.10. The van der Waals surface area contributed by atoms with Crippen LogP contribution in [0.15, 0.2) is 10.7 Å². The minimum atomic E-state index is -0.168. The molecule has 21 heavy (non-hydrogen) atoms. The Labute approximate surface area is 132 Å². The van der Waals surface area contributed by atoms with Gasteiger partial charge in [0.05, 0.1) is 31.3 Å². The van der Waals surface area contributed by atoms with Crippen molar-refractivity contribution in [2.24, 2.45) is 0 Å². The molecule has 2 heterocycles. The van der Waals surface area contributed by atoms with Crippen LogP contribution in [0, 0.1) is 0 Å². The summed E-state index contributed by atoms with van der Waals surface area (Å²) in [5.74, 6) is 1.04. The van der Waals surface area contributed by atoms with Crippen LogP contribution in [0.5, 0.6) is 5.88 Å². The Hall–Kier alpha value is -1.41. The average molecular weight is 359 g/mol. The van der Waals surface area contributed by atoms with Gasteiger partial charge < -0.3 is 14.4 Å². The predicted octanol–water partition coefficient (Wildman–Crippen LogP) is 0.933. The molecule has 7 nitrogen and oxygen atoms in total. The maximum atomic E-state index is 11.1. The average Bonchev–Trinajstić information content (AvgIpc) is 2.53. The molecule has 1 saturated heterocycles. The number of hydrogen-bond acceptors (Lipinski definition) is 7. The number of carbonyl (C=O) groups is 1. The number of halogens is 1. The summed E-state index contributed by atoms with van der Waals surface area (Å²) in [6, 6.07) is 0. The number of piperazine rings is 1. The molecule has 1 aromatic heterocycles. The van der Waals surface area contributed by atoms with E-state index >= 15 is 0 Å². The summed E-state index contributed by atoms with van der Waals surface area (Å²) in [5.41, 5.74) is 0.